The van der Waals surface area contributed by atoms with E-state index in [0.717, 1.165) is 28.1 Å². The zero-order valence-corrected chi connectivity index (χ0v) is 17.9. The maximum atomic E-state index is 5.42. The van der Waals surface area contributed by atoms with E-state index in [1.54, 1.807) is 11.3 Å². The number of para-hydroxylation sites is 1. The Morgan fingerprint density at radius 1 is 0.935 bits per heavy atom. The fraction of sp³-hybridized carbons (Fsp3) is 0.125. The molecule has 6 nitrogen and oxygen atoms in total. The summed E-state index contributed by atoms with van der Waals surface area (Å²) in [5, 5.41) is 13.0. The average Bonchev–Trinajstić information content (AvgIpc) is 3.56. The van der Waals surface area contributed by atoms with E-state index in [4.69, 9.17) is 9.62 Å². The van der Waals surface area contributed by atoms with Crippen molar-refractivity contribution in [3.05, 3.63) is 95.1 Å². The Balaban J connectivity index is 1.39. The van der Waals surface area contributed by atoms with Crippen LogP contribution in [0.15, 0.2) is 88.2 Å². The van der Waals surface area contributed by atoms with Gasteiger partial charge in [-0.25, -0.2) is 4.68 Å². The quantitative estimate of drug-likeness (QED) is 0.354. The average molecular weight is 428 g/mol. The van der Waals surface area contributed by atoms with Crippen molar-refractivity contribution in [1.29, 1.82) is 0 Å². The molecule has 5 aromatic rings. The van der Waals surface area contributed by atoms with E-state index in [1.807, 2.05) is 57.9 Å². The molecule has 5 rings (SSSR count). The molecule has 0 unspecified atom stereocenters. The maximum absolute atomic E-state index is 5.42. The second kappa shape index (κ2) is 8.67. The predicted molar refractivity (Wildman–Crippen MR) is 122 cm³/mol. The van der Waals surface area contributed by atoms with Crippen molar-refractivity contribution < 1.29 is 4.52 Å². The monoisotopic (exact) mass is 427 g/mol. The van der Waals surface area contributed by atoms with Crippen LogP contribution in [0.4, 0.5) is 0 Å². The standard InChI is InChI=1S/C24H21N5OS/c1-28(16-22-25-24(30-27-22)19-12-13-31-17-19)14-20-15-29(21-10-6-3-7-11-21)26-23(20)18-8-4-2-5-9-18/h2-13,15,17H,14,16H2,1H3. The molecular formula is C24H21N5OS. The Bertz CT molecular complexity index is 1250. The summed E-state index contributed by atoms with van der Waals surface area (Å²) in [5.74, 6) is 1.23. The van der Waals surface area contributed by atoms with Gasteiger partial charge in [0.2, 0.25) is 0 Å². The third-order valence-electron chi connectivity index (χ3n) is 4.95. The van der Waals surface area contributed by atoms with Crippen LogP contribution in [0.2, 0.25) is 0 Å². The third kappa shape index (κ3) is 4.33. The predicted octanol–water partition coefficient (Wildman–Crippen LogP) is 5.28. The molecular weight excluding hydrogens is 406 g/mol. The van der Waals surface area contributed by atoms with Gasteiger partial charge < -0.3 is 4.52 Å². The molecule has 3 heterocycles. The van der Waals surface area contributed by atoms with Crippen molar-refractivity contribution in [2.75, 3.05) is 7.05 Å². The molecule has 0 aliphatic heterocycles. The molecule has 0 spiro atoms. The first-order valence-electron chi connectivity index (χ1n) is 9.99. The van der Waals surface area contributed by atoms with Crippen molar-refractivity contribution in [2.45, 2.75) is 13.1 Å². The van der Waals surface area contributed by atoms with Crippen LogP contribution in [0.25, 0.3) is 28.4 Å². The highest BCUT2D eigenvalue weighted by Crippen LogP contribution is 2.25. The zero-order chi connectivity index (χ0) is 21.0. The molecule has 0 atom stereocenters. The molecule has 0 fully saturated rings. The lowest BCUT2D eigenvalue weighted by Crippen LogP contribution is -2.18. The van der Waals surface area contributed by atoms with Crippen molar-refractivity contribution in [3.63, 3.8) is 0 Å². The molecule has 0 N–H and O–H groups in total. The third-order valence-corrected chi connectivity index (χ3v) is 5.63. The normalized spacial score (nSPS) is 11.3. The van der Waals surface area contributed by atoms with Gasteiger partial charge in [0.15, 0.2) is 5.82 Å². The second-order valence-corrected chi connectivity index (χ2v) is 8.13. The molecule has 31 heavy (non-hydrogen) atoms. The van der Waals surface area contributed by atoms with E-state index in [1.165, 1.54) is 0 Å². The smallest absolute Gasteiger partial charge is 0.258 e. The summed E-state index contributed by atoms with van der Waals surface area (Å²) in [7, 11) is 2.05. The molecule has 0 radical (unpaired) electrons. The molecule has 0 aliphatic carbocycles. The molecule has 154 valence electrons. The Morgan fingerprint density at radius 2 is 1.71 bits per heavy atom. The van der Waals surface area contributed by atoms with Gasteiger partial charge in [0, 0.05) is 29.2 Å². The summed E-state index contributed by atoms with van der Waals surface area (Å²) in [6, 6.07) is 22.4. The van der Waals surface area contributed by atoms with Crippen LogP contribution in [0.1, 0.15) is 11.4 Å². The summed E-state index contributed by atoms with van der Waals surface area (Å²) in [6.07, 6.45) is 2.10. The minimum atomic E-state index is 0.562. The van der Waals surface area contributed by atoms with Crippen molar-refractivity contribution in [2.24, 2.45) is 0 Å². The van der Waals surface area contributed by atoms with E-state index in [-0.39, 0.29) is 0 Å². The SMILES string of the molecule is CN(Cc1noc(-c2ccsc2)n1)Cc1cn(-c2ccccc2)nc1-c1ccccc1. The lowest BCUT2D eigenvalue weighted by Gasteiger charge is -2.14. The first kappa shape index (κ1) is 19.4. The van der Waals surface area contributed by atoms with Gasteiger partial charge in [-0.15, -0.1) is 0 Å². The first-order chi connectivity index (χ1) is 15.3. The van der Waals surface area contributed by atoms with Gasteiger partial charge >= 0.3 is 0 Å². The Morgan fingerprint density at radius 3 is 2.45 bits per heavy atom. The van der Waals surface area contributed by atoms with Crippen LogP contribution < -0.4 is 0 Å². The Kier molecular flexibility index (Phi) is 5.43. The summed E-state index contributed by atoms with van der Waals surface area (Å²) < 4.78 is 7.36. The van der Waals surface area contributed by atoms with Gasteiger partial charge in [-0.3, -0.25) is 4.90 Å². The maximum Gasteiger partial charge on any atom is 0.258 e. The van der Waals surface area contributed by atoms with Crippen LogP contribution in [-0.4, -0.2) is 31.9 Å². The number of benzene rings is 2. The number of rotatable bonds is 7. The van der Waals surface area contributed by atoms with Gasteiger partial charge in [0.1, 0.15) is 0 Å². The van der Waals surface area contributed by atoms with Gasteiger partial charge in [-0.1, -0.05) is 53.7 Å². The lowest BCUT2D eigenvalue weighted by atomic mass is 10.1. The van der Waals surface area contributed by atoms with Gasteiger partial charge in [0.05, 0.1) is 23.5 Å². The number of thiophene rings is 1. The topological polar surface area (TPSA) is 60.0 Å². The van der Waals surface area contributed by atoms with E-state index in [9.17, 15) is 0 Å². The fourth-order valence-electron chi connectivity index (χ4n) is 3.49. The number of aromatic nitrogens is 4. The minimum Gasteiger partial charge on any atom is -0.334 e. The fourth-order valence-corrected chi connectivity index (χ4v) is 4.12. The van der Waals surface area contributed by atoms with Crippen LogP contribution >= 0.6 is 11.3 Å². The number of nitrogens with zero attached hydrogens (tertiary/aromatic N) is 5. The summed E-state index contributed by atoms with van der Waals surface area (Å²) in [6.45, 7) is 1.29. The van der Waals surface area contributed by atoms with Crippen LogP contribution in [0.3, 0.4) is 0 Å². The van der Waals surface area contributed by atoms with Crippen molar-refractivity contribution >= 4 is 11.3 Å². The molecule has 7 heteroatoms. The molecule has 2 aromatic carbocycles. The Hall–Kier alpha value is -3.55. The minimum absolute atomic E-state index is 0.562. The van der Waals surface area contributed by atoms with E-state index in [2.05, 4.69) is 52.6 Å². The van der Waals surface area contributed by atoms with Crippen molar-refractivity contribution in [1.82, 2.24) is 24.8 Å². The molecule has 0 saturated heterocycles. The largest absolute Gasteiger partial charge is 0.334 e. The summed E-state index contributed by atoms with van der Waals surface area (Å²) in [4.78, 5) is 6.70. The highest BCUT2D eigenvalue weighted by molar-refractivity contribution is 7.08. The van der Waals surface area contributed by atoms with Crippen LogP contribution in [-0.2, 0) is 13.1 Å². The summed E-state index contributed by atoms with van der Waals surface area (Å²) in [5.41, 5.74) is 5.21. The highest BCUT2D eigenvalue weighted by atomic mass is 32.1. The molecule has 3 aromatic heterocycles. The van der Waals surface area contributed by atoms with E-state index >= 15 is 0 Å². The Labute approximate surface area is 184 Å². The van der Waals surface area contributed by atoms with Gasteiger partial charge in [0.25, 0.3) is 5.89 Å². The number of hydrogen-bond acceptors (Lipinski definition) is 6. The first-order valence-corrected chi connectivity index (χ1v) is 10.9. The number of hydrogen-bond donors (Lipinski definition) is 0. The summed E-state index contributed by atoms with van der Waals surface area (Å²) >= 11 is 1.61. The highest BCUT2D eigenvalue weighted by Gasteiger charge is 2.16. The van der Waals surface area contributed by atoms with Crippen LogP contribution in [0.5, 0.6) is 0 Å². The molecule has 0 bridgehead atoms. The van der Waals surface area contributed by atoms with E-state index in [0.29, 0.717) is 24.8 Å². The van der Waals surface area contributed by atoms with Gasteiger partial charge in [-0.2, -0.15) is 21.4 Å². The molecule has 0 saturated carbocycles. The molecule has 0 amide bonds. The van der Waals surface area contributed by atoms with Crippen LogP contribution in [0, 0.1) is 0 Å². The molecule has 0 aliphatic rings. The second-order valence-electron chi connectivity index (χ2n) is 7.35. The van der Waals surface area contributed by atoms with E-state index < -0.39 is 0 Å². The zero-order valence-electron chi connectivity index (χ0n) is 17.0. The lowest BCUT2D eigenvalue weighted by molar-refractivity contribution is 0.302. The van der Waals surface area contributed by atoms with Crippen molar-refractivity contribution in [3.8, 4) is 28.4 Å². The van der Waals surface area contributed by atoms with Gasteiger partial charge in [-0.05, 0) is 30.6 Å².